The van der Waals surface area contributed by atoms with Gasteiger partial charge in [-0.3, -0.25) is 4.98 Å². The van der Waals surface area contributed by atoms with Crippen LogP contribution in [0.1, 0.15) is 18.5 Å². The fourth-order valence-corrected chi connectivity index (χ4v) is 3.71. The minimum absolute atomic E-state index is 0.700. The molecule has 0 atom stereocenters. The number of hydrogen-bond donors (Lipinski definition) is 0. The molecular weight excluding hydrogens is 406 g/mol. The third kappa shape index (κ3) is 5.42. The average molecular weight is 436 g/mol. The maximum absolute atomic E-state index is 5.50. The van der Waals surface area contributed by atoms with E-state index in [4.69, 9.17) is 14.5 Å². The van der Waals surface area contributed by atoms with Crippen LogP contribution in [-0.4, -0.2) is 49.5 Å². The van der Waals surface area contributed by atoms with E-state index in [0.717, 1.165) is 40.5 Å². The minimum atomic E-state index is -0.914. The van der Waals surface area contributed by atoms with E-state index in [-0.39, 0.29) is 0 Å². The number of benzene rings is 2. The lowest BCUT2D eigenvalue weighted by molar-refractivity contribution is 0.394. The lowest BCUT2D eigenvalue weighted by atomic mass is 10.2. The second-order valence-corrected chi connectivity index (χ2v) is 12.5. The molecular formula is C25H29N3O2S. The first-order valence-corrected chi connectivity index (χ1v) is 13.2. The summed E-state index contributed by atoms with van der Waals surface area (Å²) >= 11 is 0. The Balaban J connectivity index is 1.76. The molecule has 0 N–H and O–H groups in total. The van der Waals surface area contributed by atoms with Crippen molar-refractivity contribution in [1.82, 2.24) is 9.97 Å². The number of nitrogens with zero attached hydrogens (tertiary/aromatic N) is 3. The second kappa shape index (κ2) is 8.68. The molecule has 31 heavy (non-hydrogen) atoms. The number of hydrogen-bond acceptors (Lipinski definition) is 5. The summed E-state index contributed by atoms with van der Waals surface area (Å²) in [6, 6.07) is 12.2. The molecule has 5 nitrogen and oxygen atoms in total. The summed E-state index contributed by atoms with van der Waals surface area (Å²) in [6.45, 7) is 0.947. The van der Waals surface area contributed by atoms with E-state index in [9.17, 15) is 0 Å². The summed E-state index contributed by atoms with van der Waals surface area (Å²) in [5.41, 5.74) is 4.55. The van der Waals surface area contributed by atoms with Crippen molar-refractivity contribution in [2.24, 2.45) is 5.92 Å². The molecule has 1 aliphatic rings. The van der Waals surface area contributed by atoms with Gasteiger partial charge in [-0.05, 0) is 66.9 Å². The Bertz CT molecular complexity index is 1130. The van der Waals surface area contributed by atoms with Crippen LogP contribution in [0.2, 0.25) is 0 Å². The van der Waals surface area contributed by atoms with Gasteiger partial charge in [0.25, 0.3) is 0 Å². The Labute approximate surface area is 186 Å². The maximum atomic E-state index is 5.50. The van der Waals surface area contributed by atoms with Crippen molar-refractivity contribution in [1.29, 1.82) is 0 Å². The molecule has 0 aliphatic heterocycles. The third-order valence-electron chi connectivity index (χ3n) is 5.11. The van der Waals surface area contributed by atoms with Gasteiger partial charge in [0.15, 0.2) is 0 Å². The van der Waals surface area contributed by atoms with Gasteiger partial charge in [0.1, 0.15) is 17.2 Å². The molecule has 0 bridgehead atoms. The molecule has 1 fully saturated rings. The summed E-state index contributed by atoms with van der Waals surface area (Å²) in [5, 5.41) is 3.32. The Morgan fingerprint density at radius 2 is 1.68 bits per heavy atom. The molecule has 1 aromatic heterocycles. The molecule has 0 amide bonds. The molecule has 6 heteroatoms. The fraction of sp³-hybridized carbons (Fsp3) is 0.360. The Kier molecular flexibility index (Phi) is 5.97. The van der Waals surface area contributed by atoms with E-state index in [1.54, 1.807) is 20.4 Å². The van der Waals surface area contributed by atoms with Gasteiger partial charge < -0.3 is 14.4 Å². The SMILES string of the molecule is COc1cc(OC)cc(N(CC2CC2)c2ccc3ncc(C#CS(C)(C)C)nc3c2)c1. The first-order chi connectivity index (χ1) is 14.8. The van der Waals surface area contributed by atoms with Gasteiger partial charge in [-0.15, -0.1) is 0 Å². The van der Waals surface area contributed by atoms with Gasteiger partial charge in [-0.1, -0.05) is 0 Å². The van der Waals surface area contributed by atoms with E-state index in [1.807, 2.05) is 12.1 Å². The van der Waals surface area contributed by atoms with Crippen molar-refractivity contribution in [3.8, 4) is 22.7 Å². The van der Waals surface area contributed by atoms with Gasteiger partial charge in [0.2, 0.25) is 0 Å². The van der Waals surface area contributed by atoms with Crippen LogP contribution in [-0.2, 0) is 0 Å². The molecule has 162 valence electrons. The van der Waals surface area contributed by atoms with Crippen molar-refractivity contribution >= 4 is 32.4 Å². The van der Waals surface area contributed by atoms with Crippen LogP contribution in [0.25, 0.3) is 11.0 Å². The average Bonchev–Trinajstić information content (AvgIpc) is 3.59. The van der Waals surface area contributed by atoms with Gasteiger partial charge in [0.05, 0.1) is 31.4 Å². The van der Waals surface area contributed by atoms with Crippen LogP contribution < -0.4 is 14.4 Å². The molecule has 0 saturated heterocycles. The summed E-state index contributed by atoms with van der Waals surface area (Å²) < 4.78 is 11.0. The first-order valence-electron chi connectivity index (χ1n) is 10.3. The number of anilines is 2. The number of fused-ring (bicyclic) bond motifs is 1. The molecule has 3 aromatic rings. The zero-order valence-electron chi connectivity index (χ0n) is 18.8. The summed E-state index contributed by atoms with van der Waals surface area (Å²) in [4.78, 5) is 11.7. The summed E-state index contributed by atoms with van der Waals surface area (Å²) in [6.07, 6.45) is 10.8. The molecule has 0 radical (unpaired) electrons. The lowest BCUT2D eigenvalue weighted by Crippen LogP contribution is -2.20. The number of rotatable bonds is 6. The number of aromatic nitrogens is 2. The second-order valence-electron chi connectivity index (χ2n) is 8.62. The third-order valence-corrected chi connectivity index (χ3v) is 5.82. The minimum Gasteiger partial charge on any atom is -0.497 e. The smallest absolute Gasteiger partial charge is 0.133 e. The van der Waals surface area contributed by atoms with Crippen LogP contribution in [0.15, 0.2) is 42.6 Å². The zero-order valence-corrected chi connectivity index (χ0v) is 19.6. The Morgan fingerprint density at radius 1 is 0.968 bits per heavy atom. The van der Waals surface area contributed by atoms with Crippen LogP contribution in [0.4, 0.5) is 11.4 Å². The topological polar surface area (TPSA) is 47.5 Å². The standard InChI is InChI=1S/C25H29N3O2S/c1-29-22-12-21(13-23(15-22)30-2)28(17-18-6-7-18)20-8-9-24-25(14-20)27-19(16-26-24)10-11-31(3,4)5/h8-9,12-16,18H,6-7,17H2,1-5H3. The Hall–Kier alpha value is -2.91. The predicted molar refractivity (Wildman–Crippen MR) is 131 cm³/mol. The van der Waals surface area contributed by atoms with Gasteiger partial charge >= 0.3 is 0 Å². The first kappa shape index (κ1) is 21.3. The molecule has 1 saturated carbocycles. The zero-order chi connectivity index (χ0) is 22.0. The summed E-state index contributed by atoms with van der Waals surface area (Å²) in [5.74, 6) is 5.45. The molecule has 0 spiro atoms. The highest BCUT2D eigenvalue weighted by atomic mass is 32.3. The van der Waals surface area contributed by atoms with Crippen LogP contribution in [0.3, 0.4) is 0 Å². The highest BCUT2D eigenvalue weighted by Crippen LogP contribution is 2.38. The van der Waals surface area contributed by atoms with Gasteiger partial charge in [0, 0.05) is 36.1 Å². The van der Waals surface area contributed by atoms with E-state index in [2.05, 4.69) is 64.1 Å². The van der Waals surface area contributed by atoms with Crippen LogP contribution in [0, 0.1) is 17.1 Å². The van der Waals surface area contributed by atoms with E-state index in [1.165, 1.54) is 12.8 Å². The van der Waals surface area contributed by atoms with Crippen molar-refractivity contribution in [2.45, 2.75) is 12.8 Å². The highest BCUT2D eigenvalue weighted by molar-refractivity contribution is 8.35. The Morgan fingerprint density at radius 3 is 2.29 bits per heavy atom. The van der Waals surface area contributed by atoms with Crippen LogP contribution >= 0.6 is 10.0 Å². The molecule has 4 rings (SSSR count). The molecule has 1 heterocycles. The van der Waals surface area contributed by atoms with E-state index in [0.29, 0.717) is 11.6 Å². The van der Waals surface area contributed by atoms with Crippen LogP contribution in [0.5, 0.6) is 11.5 Å². The molecule has 1 aliphatic carbocycles. The fourth-order valence-electron chi connectivity index (χ4n) is 3.30. The van der Waals surface area contributed by atoms with Gasteiger partial charge in [-0.25, -0.2) is 4.98 Å². The predicted octanol–water partition coefficient (Wildman–Crippen LogP) is 5.20. The van der Waals surface area contributed by atoms with Crippen molar-refractivity contribution in [3.05, 3.63) is 48.3 Å². The van der Waals surface area contributed by atoms with Gasteiger partial charge in [-0.2, -0.15) is 10.0 Å². The monoisotopic (exact) mass is 435 g/mol. The maximum Gasteiger partial charge on any atom is 0.133 e. The molecule has 0 unspecified atom stereocenters. The van der Waals surface area contributed by atoms with E-state index >= 15 is 0 Å². The largest absolute Gasteiger partial charge is 0.497 e. The number of ether oxygens (including phenoxy) is 2. The van der Waals surface area contributed by atoms with E-state index < -0.39 is 10.0 Å². The molecule has 2 aromatic carbocycles. The van der Waals surface area contributed by atoms with Crippen molar-refractivity contribution in [3.63, 3.8) is 0 Å². The normalized spacial score (nSPS) is 14.0. The quantitative estimate of drug-likeness (QED) is 0.498. The summed E-state index contributed by atoms with van der Waals surface area (Å²) in [7, 11) is 2.44. The number of methoxy groups -OCH3 is 2. The lowest BCUT2D eigenvalue weighted by Gasteiger charge is -2.26. The highest BCUT2D eigenvalue weighted by Gasteiger charge is 2.26. The van der Waals surface area contributed by atoms with Crippen molar-refractivity contribution in [2.75, 3.05) is 44.4 Å². The van der Waals surface area contributed by atoms with Crippen molar-refractivity contribution < 1.29 is 9.47 Å².